The first-order valence-electron chi connectivity index (χ1n) is 3.96. The topological polar surface area (TPSA) is 64.1 Å². The molecule has 0 unspecified atom stereocenters. The Morgan fingerprint density at radius 3 is 3.08 bits per heavy atom. The van der Waals surface area contributed by atoms with Crippen molar-refractivity contribution in [1.82, 2.24) is 15.4 Å². The second-order valence-corrected chi connectivity index (χ2v) is 2.35. The van der Waals surface area contributed by atoms with Crippen LogP contribution >= 0.6 is 0 Å². The van der Waals surface area contributed by atoms with Crippen molar-refractivity contribution in [2.75, 3.05) is 6.61 Å². The quantitative estimate of drug-likeness (QED) is 0.688. The van der Waals surface area contributed by atoms with Gasteiger partial charge < -0.3 is 0 Å². The van der Waals surface area contributed by atoms with Gasteiger partial charge in [-0.3, -0.25) is 9.63 Å². The second-order valence-electron chi connectivity index (χ2n) is 2.35. The molecule has 1 heterocycles. The first-order chi connectivity index (χ1) is 6.24. The van der Waals surface area contributed by atoms with Crippen molar-refractivity contribution in [3.05, 3.63) is 23.8 Å². The van der Waals surface area contributed by atoms with E-state index in [-0.39, 0.29) is 5.91 Å². The fourth-order valence-electron chi connectivity index (χ4n) is 0.773. The molecule has 0 fully saturated rings. The van der Waals surface area contributed by atoms with E-state index in [2.05, 4.69) is 15.4 Å². The molecule has 0 bridgehead atoms. The highest BCUT2D eigenvalue weighted by atomic mass is 16.6. The number of carbonyl (C=O) groups excluding carboxylic acids is 1. The molecule has 0 spiro atoms. The first kappa shape index (κ1) is 9.60. The monoisotopic (exact) mass is 181 g/mol. The zero-order valence-electron chi connectivity index (χ0n) is 7.57. The lowest BCUT2D eigenvalue weighted by Gasteiger charge is -2.02. The maximum absolute atomic E-state index is 11.2. The van der Waals surface area contributed by atoms with Gasteiger partial charge in [-0.1, -0.05) is 0 Å². The van der Waals surface area contributed by atoms with Crippen LogP contribution in [0.4, 0.5) is 0 Å². The summed E-state index contributed by atoms with van der Waals surface area (Å²) in [4.78, 5) is 23.8. The summed E-state index contributed by atoms with van der Waals surface area (Å²) in [6, 6.07) is 1.53. The summed E-state index contributed by atoms with van der Waals surface area (Å²) in [5, 5.41) is 0. The summed E-state index contributed by atoms with van der Waals surface area (Å²) in [5.41, 5.74) is 2.55. The molecule has 70 valence electrons. The van der Waals surface area contributed by atoms with Gasteiger partial charge in [0.2, 0.25) is 0 Å². The van der Waals surface area contributed by atoms with Gasteiger partial charge >= 0.3 is 0 Å². The Hall–Kier alpha value is -1.49. The SMILES string of the molecule is CCONC(=O)c1ccnc(C)n1. The predicted octanol–water partition coefficient (Wildman–Crippen LogP) is 0.466. The van der Waals surface area contributed by atoms with Crippen molar-refractivity contribution in [2.24, 2.45) is 0 Å². The van der Waals surface area contributed by atoms with E-state index in [9.17, 15) is 4.79 Å². The number of hydrogen-bond donors (Lipinski definition) is 1. The molecule has 13 heavy (non-hydrogen) atoms. The summed E-state index contributed by atoms with van der Waals surface area (Å²) in [5.74, 6) is 0.205. The molecule has 0 aliphatic heterocycles. The smallest absolute Gasteiger partial charge is 0.274 e. The van der Waals surface area contributed by atoms with E-state index in [4.69, 9.17) is 4.84 Å². The summed E-state index contributed by atoms with van der Waals surface area (Å²) in [6.07, 6.45) is 1.53. The molecule has 0 aromatic carbocycles. The number of aromatic nitrogens is 2. The molecule has 5 heteroatoms. The Balaban J connectivity index is 2.66. The van der Waals surface area contributed by atoms with Crippen molar-refractivity contribution in [2.45, 2.75) is 13.8 Å². The van der Waals surface area contributed by atoms with E-state index in [1.807, 2.05) is 0 Å². The average Bonchev–Trinajstić information content (AvgIpc) is 2.14. The van der Waals surface area contributed by atoms with E-state index in [0.717, 1.165) is 0 Å². The molecule has 0 aliphatic carbocycles. The lowest BCUT2D eigenvalue weighted by molar-refractivity contribution is 0.0359. The maximum Gasteiger partial charge on any atom is 0.293 e. The van der Waals surface area contributed by atoms with Gasteiger partial charge in [0.05, 0.1) is 6.61 Å². The summed E-state index contributed by atoms with van der Waals surface area (Å²) < 4.78 is 0. The number of hydrogen-bond acceptors (Lipinski definition) is 4. The van der Waals surface area contributed by atoms with E-state index in [1.165, 1.54) is 12.3 Å². The summed E-state index contributed by atoms with van der Waals surface area (Å²) in [7, 11) is 0. The molecule has 1 N–H and O–H groups in total. The Morgan fingerprint density at radius 2 is 2.46 bits per heavy atom. The van der Waals surface area contributed by atoms with Gasteiger partial charge in [-0.05, 0) is 19.9 Å². The Bertz CT molecular complexity index is 301. The van der Waals surface area contributed by atoms with Crippen LogP contribution in [0.1, 0.15) is 23.2 Å². The second kappa shape index (κ2) is 4.51. The Labute approximate surface area is 76.1 Å². The molecule has 0 saturated carbocycles. The fraction of sp³-hybridized carbons (Fsp3) is 0.375. The Kier molecular flexibility index (Phi) is 3.33. The van der Waals surface area contributed by atoms with Crippen LogP contribution in [-0.4, -0.2) is 22.5 Å². The lowest BCUT2D eigenvalue weighted by Crippen LogP contribution is -2.24. The molecule has 0 atom stereocenters. The van der Waals surface area contributed by atoms with Crippen LogP contribution in [0.5, 0.6) is 0 Å². The molecule has 1 amide bonds. The van der Waals surface area contributed by atoms with Gasteiger partial charge in [-0.2, -0.15) is 0 Å². The van der Waals surface area contributed by atoms with Crippen LogP contribution in [0.3, 0.4) is 0 Å². The lowest BCUT2D eigenvalue weighted by atomic mass is 10.4. The van der Waals surface area contributed by atoms with E-state index < -0.39 is 0 Å². The van der Waals surface area contributed by atoms with Crippen LogP contribution in [0.2, 0.25) is 0 Å². The highest BCUT2D eigenvalue weighted by molar-refractivity contribution is 5.91. The minimum atomic E-state index is -0.354. The molecule has 1 aromatic heterocycles. The number of nitrogens with zero attached hydrogens (tertiary/aromatic N) is 2. The van der Waals surface area contributed by atoms with Crippen molar-refractivity contribution in [3.63, 3.8) is 0 Å². The van der Waals surface area contributed by atoms with Crippen LogP contribution in [0, 0.1) is 6.92 Å². The van der Waals surface area contributed by atoms with Crippen LogP contribution in [0.25, 0.3) is 0 Å². The number of amides is 1. The highest BCUT2D eigenvalue weighted by Gasteiger charge is 2.06. The minimum Gasteiger partial charge on any atom is -0.274 e. The molecular weight excluding hydrogens is 170 g/mol. The largest absolute Gasteiger partial charge is 0.293 e. The third-order valence-corrected chi connectivity index (χ3v) is 1.32. The fourth-order valence-corrected chi connectivity index (χ4v) is 0.773. The van der Waals surface area contributed by atoms with E-state index >= 15 is 0 Å². The maximum atomic E-state index is 11.2. The van der Waals surface area contributed by atoms with E-state index in [1.54, 1.807) is 13.8 Å². The van der Waals surface area contributed by atoms with Crippen molar-refractivity contribution >= 4 is 5.91 Å². The first-order valence-corrected chi connectivity index (χ1v) is 3.96. The molecule has 1 rings (SSSR count). The van der Waals surface area contributed by atoms with Gasteiger partial charge in [-0.15, -0.1) is 0 Å². The van der Waals surface area contributed by atoms with Crippen LogP contribution in [-0.2, 0) is 4.84 Å². The molecule has 0 radical (unpaired) electrons. The number of carbonyl (C=O) groups is 1. The number of rotatable bonds is 3. The third-order valence-electron chi connectivity index (χ3n) is 1.32. The summed E-state index contributed by atoms with van der Waals surface area (Å²) >= 11 is 0. The van der Waals surface area contributed by atoms with Crippen molar-refractivity contribution in [3.8, 4) is 0 Å². The zero-order chi connectivity index (χ0) is 9.68. The van der Waals surface area contributed by atoms with Crippen LogP contribution < -0.4 is 5.48 Å². The van der Waals surface area contributed by atoms with Crippen molar-refractivity contribution < 1.29 is 9.63 Å². The van der Waals surface area contributed by atoms with Gasteiger partial charge in [0.25, 0.3) is 5.91 Å². The highest BCUT2D eigenvalue weighted by Crippen LogP contribution is 1.93. The third kappa shape index (κ3) is 2.79. The van der Waals surface area contributed by atoms with Gasteiger partial charge in [-0.25, -0.2) is 15.4 Å². The van der Waals surface area contributed by atoms with Gasteiger partial charge in [0, 0.05) is 6.20 Å². The number of nitrogens with one attached hydrogen (secondary N) is 1. The Morgan fingerprint density at radius 1 is 1.69 bits per heavy atom. The molecule has 5 nitrogen and oxygen atoms in total. The standard InChI is InChI=1S/C8H11N3O2/c1-3-13-11-8(12)7-4-5-9-6(2)10-7/h4-5H,3H2,1-2H3,(H,11,12). The predicted molar refractivity (Wildman–Crippen MR) is 45.9 cm³/mol. The van der Waals surface area contributed by atoms with Gasteiger partial charge in [0.15, 0.2) is 0 Å². The minimum absolute atomic E-state index is 0.306. The average molecular weight is 181 g/mol. The van der Waals surface area contributed by atoms with Crippen molar-refractivity contribution in [1.29, 1.82) is 0 Å². The number of hydroxylamine groups is 1. The van der Waals surface area contributed by atoms with Gasteiger partial charge in [0.1, 0.15) is 11.5 Å². The summed E-state index contributed by atoms with van der Waals surface area (Å²) in [6.45, 7) is 3.93. The molecule has 0 aliphatic rings. The molecule has 1 aromatic rings. The zero-order valence-corrected chi connectivity index (χ0v) is 7.57. The number of aryl methyl sites for hydroxylation is 1. The van der Waals surface area contributed by atoms with E-state index in [0.29, 0.717) is 18.1 Å². The van der Waals surface area contributed by atoms with Crippen LogP contribution in [0.15, 0.2) is 12.3 Å². The molecule has 0 saturated heterocycles. The molecular formula is C8H11N3O2. The normalized spacial score (nSPS) is 9.69.